The molecule has 0 bridgehead atoms. The summed E-state index contributed by atoms with van der Waals surface area (Å²) in [6, 6.07) is 17.7. The van der Waals surface area contributed by atoms with Crippen molar-refractivity contribution in [3.8, 4) is 0 Å². The monoisotopic (exact) mass is 425 g/mol. The molecule has 4 aromatic rings. The number of rotatable bonds is 7. The van der Waals surface area contributed by atoms with E-state index in [1.165, 1.54) is 16.9 Å². The van der Waals surface area contributed by atoms with E-state index in [9.17, 15) is 9.59 Å². The fraction of sp³-hybridized carbons (Fsp3) is 0.200. The molecule has 0 atom stereocenters. The zero-order valence-corrected chi connectivity index (χ0v) is 17.4. The van der Waals surface area contributed by atoms with Crippen molar-refractivity contribution in [1.29, 1.82) is 0 Å². The molecular formula is C20H19N5O2S2. The lowest BCUT2D eigenvalue weighted by Gasteiger charge is -2.03. The van der Waals surface area contributed by atoms with E-state index in [-0.39, 0.29) is 18.0 Å². The Morgan fingerprint density at radius 2 is 1.79 bits per heavy atom. The minimum atomic E-state index is -0.194. The van der Waals surface area contributed by atoms with Gasteiger partial charge in [0.25, 0.3) is 0 Å². The largest absolute Gasteiger partial charge is 0.328 e. The number of hydrogen-bond donors (Lipinski definition) is 1. The van der Waals surface area contributed by atoms with Crippen molar-refractivity contribution in [2.24, 2.45) is 7.05 Å². The number of anilines is 1. The van der Waals surface area contributed by atoms with Gasteiger partial charge in [0, 0.05) is 25.8 Å². The van der Waals surface area contributed by atoms with Gasteiger partial charge in [0.05, 0.1) is 11.0 Å². The van der Waals surface area contributed by atoms with Gasteiger partial charge in [-0.25, -0.2) is 4.79 Å². The maximum absolute atomic E-state index is 12.4. The molecule has 0 radical (unpaired) electrons. The highest BCUT2D eigenvalue weighted by atomic mass is 32.2. The van der Waals surface area contributed by atoms with E-state index in [0.29, 0.717) is 11.7 Å². The van der Waals surface area contributed by atoms with Crippen molar-refractivity contribution < 1.29 is 4.79 Å². The third-order valence-electron chi connectivity index (χ3n) is 4.47. The summed E-state index contributed by atoms with van der Waals surface area (Å²) in [7, 11) is 1.73. The standard InChI is InChI=1S/C20H19N5O2S2/c1-24-15-9-5-6-10-16(15)25(20(24)27)12-11-17(26)21-18-22-23-19(29-18)28-13-14-7-3-2-4-8-14/h2-10H,11-13H2,1H3,(H,21,22,26). The predicted molar refractivity (Wildman–Crippen MR) is 116 cm³/mol. The zero-order chi connectivity index (χ0) is 20.2. The number of benzene rings is 2. The molecule has 9 heteroatoms. The second-order valence-electron chi connectivity index (χ2n) is 6.43. The molecule has 2 aromatic carbocycles. The van der Waals surface area contributed by atoms with Crippen molar-refractivity contribution in [1.82, 2.24) is 19.3 Å². The number of nitrogens with one attached hydrogen (secondary N) is 1. The minimum absolute atomic E-state index is 0.130. The van der Waals surface area contributed by atoms with E-state index >= 15 is 0 Å². The van der Waals surface area contributed by atoms with Crippen LogP contribution in [0.15, 0.2) is 63.7 Å². The number of amides is 1. The van der Waals surface area contributed by atoms with Crippen LogP contribution in [0, 0.1) is 0 Å². The number of carbonyl (C=O) groups is 1. The number of para-hydroxylation sites is 2. The van der Waals surface area contributed by atoms with E-state index < -0.39 is 0 Å². The number of thioether (sulfide) groups is 1. The molecule has 7 nitrogen and oxygen atoms in total. The van der Waals surface area contributed by atoms with Crippen LogP contribution in [0.4, 0.5) is 5.13 Å². The third-order valence-corrected chi connectivity index (χ3v) is 6.52. The molecule has 0 spiro atoms. The highest BCUT2D eigenvalue weighted by Crippen LogP contribution is 2.28. The van der Waals surface area contributed by atoms with Crippen LogP contribution in [0.3, 0.4) is 0 Å². The molecule has 0 unspecified atom stereocenters. The van der Waals surface area contributed by atoms with Crippen LogP contribution in [0.25, 0.3) is 11.0 Å². The first-order valence-electron chi connectivity index (χ1n) is 9.06. The Hall–Kier alpha value is -2.91. The maximum atomic E-state index is 12.4. The van der Waals surface area contributed by atoms with Crippen LogP contribution in [0.1, 0.15) is 12.0 Å². The number of carbonyl (C=O) groups excluding carboxylic acids is 1. The average Bonchev–Trinajstić information content (AvgIpc) is 3.29. The summed E-state index contributed by atoms with van der Waals surface area (Å²) < 4.78 is 4.01. The van der Waals surface area contributed by atoms with E-state index in [4.69, 9.17) is 0 Å². The van der Waals surface area contributed by atoms with E-state index in [1.807, 2.05) is 42.5 Å². The topological polar surface area (TPSA) is 81.8 Å². The van der Waals surface area contributed by atoms with Crippen LogP contribution < -0.4 is 11.0 Å². The fourth-order valence-electron chi connectivity index (χ4n) is 3.01. The molecule has 1 N–H and O–H groups in total. The van der Waals surface area contributed by atoms with E-state index in [2.05, 4.69) is 27.6 Å². The lowest BCUT2D eigenvalue weighted by atomic mass is 10.2. The molecule has 2 aromatic heterocycles. The van der Waals surface area contributed by atoms with Gasteiger partial charge in [-0.3, -0.25) is 13.9 Å². The van der Waals surface area contributed by atoms with Crippen molar-refractivity contribution in [3.63, 3.8) is 0 Å². The fourth-order valence-corrected chi connectivity index (χ4v) is 4.74. The van der Waals surface area contributed by atoms with Crippen molar-refractivity contribution in [2.75, 3.05) is 5.32 Å². The number of nitrogens with zero attached hydrogens (tertiary/aromatic N) is 4. The Kier molecular flexibility index (Phi) is 5.77. The van der Waals surface area contributed by atoms with Gasteiger partial charge in [-0.2, -0.15) is 0 Å². The summed E-state index contributed by atoms with van der Waals surface area (Å²) in [5.74, 6) is 0.605. The second-order valence-corrected chi connectivity index (χ2v) is 8.63. The van der Waals surface area contributed by atoms with Crippen LogP contribution >= 0.6 is 23.1 Å². The van der Waals surface area contributed by atoms with Gasteiger partial charge >= 0.3 is 5.69 Å². The molecule has 0 fully saturated rings. The molecule has 0 saturated carbocycles. The Morgan fingerprint density at radius 3 is 2.59 bits per heavy atom. The molecular weight excluding hydrogens is 406 g/mol. The molecule has 0 aliphatic heterocycles. The van der Waals surface area contributed by atoms with Crippen molar-refractivity contribution in [2.45, 2.75) is 23.1 Å². The number of fused-ring (bicyclic) bond motifs is 1. The summed E-state index contributed by atoms with van der Waals surface area (Å²) in [5, 5.41) is 11.4. The average molecular weight is 426 g/mol. The summed E-state index contributed by atoms with van der Waals surface area (Å²) in [6.45, 7) is 0.306. The SMILES string of the molecule is Cn1c(=O)n(CCC(=O)Nc2nnc(SCc3ccccc3)s2)c2ccccc21. The smallest absolute Gasteiger partial charge is 0.300 e. The molecule has 0 aliphatic carbocycles. The van der Waals surface area contributed by atoms with Gasteiger partial charge in [0.15, 0.2) is 4.34 Å². The summed E-state index contributed by atoms with van der Waals surface area (Å²) in [4.78, 5) is 24.7. The van der Waals surface area contributed by atoms with Gasteiger partial charge in [0.1, 0.15) is 0 Å². The van der Waals surface area contributed by atoms with Gasteiger partial charge < -0.3 is 5.32 Å². The third kappa shape index (κ3) is 4.41. The first kappa shape index (κ1) is 19.4. The molecule has 4 rings (SSSR count). The minimum Gasteiger partial charge on any atom is -0.300 e. The second kappa shape index (κ2) is 8.62. The zero-order valence-electron chi connectivity index (χ0n) is 15.7. The lowest BCUT2D eigenvalue weighted by Crippen LogP contribution is -2.24. The highest BCUT2D eigenvalue weighted by molar-refractivity contribution is 8.00. The van der Waals surface area contributed by atoms with Gasteiger partial charge in [0.2, 0.25) is 11.0 Å². The number of hydrogen-bond acceptors (Lipinski definition) is 6. The summed E-state index contributed by atoms with van der Waals surface area (Å²) in [5.41, 5.74) is 2.75. The number of aryl methyl sites for hydroxylation is 2. The molecule has 29 heavy (non-hydrogen) atoms. The van der Waals surface area contributed by atoms with Crippen LogP contribution in [0.2, 0.25) is 0 Å². The predicted octanol–water partition coefficient (Wildman–Crippen LogP) is 3.51. The summed E-state index contributed by atoms with van der Waals surface area (Å²) >= 11 is 2.93. The first-order valence-corrected chi connectivity index (χ1v) is 10.9. The molecule has 0 saturated heterocycles. The molecule has 148 valence electrons. The van der Waals surface area contributed by atoms with Crippen LogP contribution in [-0.2, 0) is 24.1 Å². The maximum Gasteiger partial charge on any atom is 0.328 e. The van der Waals surface area contributed by atoms with Crippen molar-refractivity contribution in [3.05, 3.63) is 70.6 Å². The number of aromatic nitrogens is 4. The molecule has 0 aliphatic rings. The normalized spacial score (nSPS) is 11.1. The van der Waals surface area contributed by atoms with Crippen LogP contribution in [0.5, 0.6) is 0 Å². The first-order chi connectivity index (χ1) is 14.1. The molecule has 1 amide bonds. The van der Waals surface area contributed by atoms with Crippen LogP contribution in [-0.4, -0.2) is 25.2 Å². The Bertz CT molecular complexity index is 1200. The van der Waals surface area contributed by atoms with E-state index in [0.717, 1.165) is 21.1 Å². The number of imidazole rings is 1. The lowest BCUT2D eigenvalue weighted by molar-refractivity contribution is -0.116. The molecule has 2 heterocycles. The Morgan fingerprint density at radius 1 is 1.07 bits per heavy atom. The Balaban J connectivity index is 1.34. The highest BCUT2D eigenvalue weighted by Gasteiger charge is 2.13. The Labute approximate surface area is 175 Å². The quantitative estimate of drug-likeness (QED) is 0.362. The van der Waals surface area contributed by atoms with Crippen molar-refractivity contribution >= 4 is 45.2 Å². The van der Waals surface area contributed by atoms with Gasteiger partial charge in [-0.15, -0.1) is 10.2 Å². The van der Waals surface area contributed by atoms with Gasteiger partial charge in [-0.05, 0) is 17.7 Å². The van der Waals surface area contributed by atoms with Gasteiger partial charge in [-0.1, -0.05) is 65.6 Å². The van der Waals surface area contributed by atoms with E-state index in [1.54, 1.807) is 27.9 Å². The summed E-state index contributed by atoms with van der Waals surface area (Å²) in [6.07, 6.45) is 0.181.